The molecule has 3 heterocycles. The number of nitrogens with zero attached hydrogens (tertiary/aromatic N) is 3. The van der Waals surface area contributed by atoms with E-state index >= 15 is 0 Å². The highest BCUT2D eigenvalue weighted by atomic mass is 16.2. The van der Waals surface area contributed by atoms with Gasteiger partial charge in [-0.1, -0.05) is 13.8 Å². The Labute approximate surface area is 125 Å². The van der Waals surface area contributed by atoms with Gasteiger partial charge in [0.05, 0.1) is 0 Å². The summed E-state index contributed by atoms with van der Waals surface area (Å²) in [5.74, 6) is 1.70. The van der Waals surface area contributed by atoms with E-state index in [1.807, 2.05) is 16.9 Å². The molecule has 1 amide bonds. The Balaban J connectivity index is 1.59. The van der Waals surface area contributed by atoms with Crippen molar-refractivity contribution in [2.24, 2.45) is 17.3 Å². The highest BCUT2D eigenvalue weighted by molar-refractivity contribution is 5.85. The lowest BCUT2D eigenvalue weighted by Gasteiger charge is -2.40. The molecule has 1 aromatic rings. The van der Waals surface area contributed by atoms with Crippen LogP contribution in [0, 0.1) is 17.3 Å². The summed E-state index contributed by atoms with van der Waals surface area (Å²) in [4.78, 5) is 15.3. The Morgan fingerprint density at radius 3 is 2.48 bits per heavy atom. The van der Waals surface area contributed by atoms with Crippen molar-refractivity contribution in [2.45, 2.75) is 32.2 Å². The number of likely N-dealkylation sites (tertiary alicyclic amines) is 1. The molecule has 5 heteroatoms. The largest absolute Gasteiger partial charge is 0.340 e. The zero-order valence-electron chi connectivity index (χ0n) is 12.9. The fourth-order valence-electron chi connectivity index (χ4n) is 4.50. The van der Waals surface area contributed by atoms with Gasteiger partial charge in [-0.05, 0) is 49.2 Å². The van der Waals surface area contributed by atoms with Crippen LogP contribution in [0.15, 0.2) is 18.5 Å². The highest BCUT2D eigenvalue weighted by Gasteiger charge is 2.63. The van der Waals surface area contributed by atoms with Gasteiger partial charge in [0.25, 0.3) is 5.91 Å². The van der Waals surface area contributed by atoms with E-state index in [0.29, 0.717) is 17.3 Å². The fraction of sp³-hybridized carbons (Fsp3) is 0.750. The van der Waals surface area contributed by atoms with E-state index in [1.165, 1.54) is 0 Å². The summed E-state index contributed by atoms with van der Waals surface area (Å²) in [5, 5.41) is 7.77. The van der Waals surface area contributed by atoms with Crippen LogP contribution in [0.25, 0.3) is 0 Å². The number of hydrogen-bond acceptors (Lipinski definition) is 3. The van der Waals surface area contributed by atoms with Crippen LogP contribution in [0.2, 0.25) is 0 Å². The molecule has 1 aromatic heterocycles. The van der Waals surface area contributed by atoms with Crippen molar-refractivity contribution in [3.05, 3.63) is 18.5 Å². The summed E-state index contributed by atoms with van der Waals surface area (Å²) >= 11 is 0. The minimum absolute atomic E-state index is 0.288. The molecular formula is C16H24N4O. The number of fused-ring (bicyclic) bond motifs is 1. The molecule has 2 atom stereocenters. The second kappa shape index (κ2) is 4.32. The van der Waals surface area contributed by atoms with Crippen molar-refractivity contribution in [3.63, 3.8) is 0 Å². The Morgan fingerprint density at radius 2 is 1.90 bits per heavy atom. The lowest BCUT2D eigenvalue weighted by atomic mass is 9.86. The summed E-state index contributed by atoms with van der Waals surface area (Å²) in [6.45, 7) is 8.31. The Bertz CT molecular complexity index is 531. The van der Waals surface area contributed by atoms with Crippen LogP contribution in [0.5, 0.6) is 0 Å². The number of rotatable bonds is 2. The molecule has 4 rings (SSSR count). The maximum Gasteiger partial charge on any atom is 0.250 e. The van der Waals surface area contributed by atoms with Crippen LogP contribution >= 0.6 is 0 Å². The Morgan fingerprint density at radius 1 is 1.24 bits per heavy atom. The van der Waals surface area contributed by atoms with Crippen molar-refractivity contribution < 1.29 is 4.79 Å². The predicted molar refractivity (Wildman–Crippen MR) is 79.6 cm³/mol. The van der Waals surface area contributed by atoms with E-state index in [0.717, 1.165) is 39.0 Å². The van der Waals surface area contributed by atoms with Crippen molar-refractivity contribution in [2.75, 3.05) is 26.2 Å². The van der Waals surface area contributed by atoms with Gasteiger partial charge in [0.15, 0.2) is 0 Å². The summed E-state index contributed by atoms with van der Waals surface area (Å²) in [5.41, 5.74) is -0.0144. The third kappa shape index (κ3) is 1.79. The quantitative estimate of drug-likeness (QED) is 0.886. The minimum Gasteiger partial charge on any atom is -0.340 e. The van der Waals surface area contributed by atoms with Gasteiger partial charge in [-0.2, -0.15) is 5.10 Å². The molecule has 0 radical (unpaired) electrons. The summed E-state index contributed by atoms with van der Waals surface area (Å²) in [7, 11) is 0. The van der Waals surface area contributed by atoms with Gasteiger partial charge in [0, 0.05) is 25.5 Å². The maximum absolute atomic E-state index is 13.2. The maximum atomic E-state index is 13.2. The summed E-state index contributed by atoms with van der Waals surface area (Å²) in [6, 6.07) is 1.92. The summed E-state index contributed by atoms with van der Waals surface area (Å²) in [6.07, 6.45) is 5.40. The molecule has 2 saturated heterocycles. The molecule has 0 bridgehead atoms. The number of nitrogens with one attached hydrogen (secondary N) is 1. The van der Waals surface area contributed by atoms with Crippen LogP contribution in [0.1, 0.15) is 26.7 Å². The molecule has 1 N–H and O–H groups in total. The monoisotopic (exact) mass is 288 g/mol. The average molecular weight is 288 g/mol. The zero-order chi connectivity index (χ0) is 14.7. The standard InChI is InChI=1S/C16H24N4O/c1-15(2)12-10-19(11-13(12)15)14(21)16(4-7-17-8-5-16)20-9-3-6-18-20/h3,6,9,12-13,17H,4-5,7-8,10-11H2,1-2H3. The van der Waals surface area contributed by atoms with Crippen LogP contribution in [-0.4, -0.2) is 46.8 Å². The molecule has 2 aliphatic heterocycles. The number of hydrogen-bond donors (Lipinski definition) is 1. The van der Waals surface area contributed by atoms with Crippen molar-refractivity contribution in [1.29, 1.82) is 0 Å². The molecule has 1 saturated carbocycles. The first-order valence-electron chi connectivity index (χ1n) is 8.06. The normalized spacial score (nSPS) is 32.8. The van der Waals surface area contributed by atoms with Gasteiger partial charge >= 0.3 is 0 Å². The van der Waals surface area contributed by atoms with Crippen molar-refractivity contribution in [3.8, 4) is 0 Å². The third-order valence-electron chi connectivity index (χ3n) is 6.18. The van der Waals surface area contributed by atoms with E-state index in [2.05, 4.69) is 29.2 Å². The second-order valence-electron chi connectivity index (χ2n) is 7.48. The SMILES string of the molecule is CC1(C)C2CN(C(=O)C3(n4cccn4)CCNCC3)CC21. The van der Waals surface area contributed by atoms with Gasteiger partial charge < -0.3 is 10.2 Å². The summed E-state index contributed by atoms with van der Waals surface area (Å²) < 4.78 is 1.91. The molecule has 2 unspecified atom stereocenters. The molecular weight excluding hydrogens is 264 g/mol. The van der Waals surface area contributed by atoms with E-state index in [4.69, 9.17) is 0 Å². The fourth-order valence-corrected chi connectivity index (χ4v) is 4.50. The number of piperidine rings is 2. The first kappa shape index (κ1) is 13.3. The number of amides is 1. The molecule has 114 valence electrons. The van der Waals surface area contributed by atoms with Gasteiger partial charge in [-0.25, -0.2) is 0 Å². The van der Waals surface area contributed by atoms with E-state index < -0.39 is 5.54 Å². The molecule has 0 spiro atoms. The minimum atomic E-state index is -0.463. The number of carbonyl (C=O) groups is 1. The smallest absolute Gasteiger partial charge is 0.250 e. The van der Waals surface area contributed by atoms with Gasteiger partial charge in [0.2, 0.25) is 0 Å². The molecule has 0 aromatic carbocycles. The Hall–Kier alpha value is -1.36. The average Bonchev–Trinajstić information content (AvgIpc) is 3.02. The van der Waals surface area contributed by atoms with Gasteiger partial charge in [-0.15, -0.1) is 0 Å². The van der Waals surface area contributed by atoms with Crippen LogP contribution < -0.4 is 5.32 Å². The number of carbonyl (C=O) groups excluding carboxylic acids is 1. The van der Waals surface area contributed by atoms with Crippen LogP contribution in [-0.2, 0) is 10.3 Å². The lowest BCUT2D eigenvalue weighted by Crippen LogP contribution is -2.55. The van der Waals surface area contributed by atoms with E-state index in [9.17, 15) is 4.79 Å². The van der Waals surface area contributed by atoms with Gasteiger partial charge in [0.1, 0.15) is 5.54 Å². The van der Waals surface area contributed by atoms with E-state index in [-0.39, 0.29) is 5.91 Å². The molecule has 3 fully saturated rings. The van der Waals surface area contributed by atoms with Crippen molar-refractivity contribution in [1.82, 2.24) is 20.0 Å². The Kier molecular flexibility index (Phi) is 2.74. The molecule has 3 aliphatic rings. The van der Waals surface area contributed by atoms with Crippen molar-refractivity contribution >= 4 is 5.91 Å². The first-order valence-corrected chi connectivity index (χ1v) is 8.06. The second-order valence-corrected chi connectivity index (χ2v) is 7.48. The van der Waals surface area contributed by atoms with E-state index in [1.54, 1.807) is 6.20 Å². The number of aromatic nitrogens is 2. The zero-order valence-corrected chi connectivity index (χ0v) is 12.9. The first-order chi connectivity index (χ1) is 10.1. The highest BCUT2D eigenvalue weighted by Crippen LogP contribution is 2.62. The van der Waals surface area contributed by atoms with Crippen LogP contribution in [0.4, 0.5) is 0 Å². The molecule has 1 aliphatic carbocycles. The lowest BCUT2D eigenvalue weighted by molar-refractivity contribution is -0.143. The molecule has 21 heavy (non-hydrogen) atoms. The van der Waals surface area contributed by atoms with Gasteiger partial charge in [-0.3, -0.25) is 9.48 Å². The third-order valence-corrected chi connectivity index (χ3v) is 6.18. The predicted octanol–water partition coefficient (Wildman–Crippen LogP) is 1.08. The topological polar surface area (TPSA) is 50.2 Å². The molecule has 5 nitrogen and oxygen atoms in total. The van der Waals surface area contributed by atoms with Crippen LogP contribution in [0.3, 0.4) is 0 Å².